The van der Waals surface area contributed by atoms with Crippen molar-refractivity contribution >= 4 is 23.5 Å². The highest BCUT2D eigenvalue weighted by Gasteiger charge is 2.28. The van der Waals surface area contributed by atoms with E-state index >= 15 is 0 Å². The summed E-state index contributed by atoms with van der Waals surface area (Å²) in [7, 11) is 0. The van der Waals surface area contributed by atoms with Gasteiger partial charge in [0, 0.05) is 31.0 Å². The number of hydrogen-bond acceptors (Lipinski definition) is 4. The lowest BCUT2D eigenvalue weighted by Gasteiger charge is -2.31. The van der Waals surface area contributed by atoms with Crippen LogP contribution < -0.4 is 4.74 Å². The molecule has 0 radical (unpaired) electrons. The van der Waals surface area contributed by atoms with Gasteiger partial charge in [-0.1, -0.05) is 11.6 Å². The smallest absolute Gasteiger partial charge is 0.397 e. The fourth-order valence-corrected chi connectivity index (χ4v) is 2.33. The van der Waals surface area contributed by atoms with E-state index in [-0.39, 0.29) is 12.7 Å². The minimum Gasteiger partial charge on any atom is -0.490 e. The molecule has 1 heterocycles. The quantitative estimate of drug-likeness (QED) is 0.635. The number of amides is 1. The van der Waals surface area contributed by atoms with Gasteiger partial charge in [-0.15, -0.1) is 0 Å². The highest BCUT2D eigenvalue weighted by molar-refractivity contribution is 6.32. The predicted molar refractivity (Wildman–Crippen MR) is 78.3 cm³/mol. The van der Waals surface area contributed by atoms with Gasteiger partial charge in [0.15, 0.2) is 0 Å². The van der Waals surface area contributed by atoms with E-state index in [0.717, 1.165) is 5.75 Å². The molecular weight excluding hydrogens is 294 g/mol. The van der Waals surface area contributed by atoms with Crippen LogP contribution in [0.3, 0.4) is 0 Å². The fraction of sp³-hybridized carbons (Fsp3) is 0.467. The van der Waals surface area contributed by atoms with E-state index in [0.29, 0.717) is 31.0 Å². The monoisotopic (exact) mass is 311 g/mol. The molecule has 21 heavy (non-hydrogen) atoms. The zero-order chi connectivity index (χ0) is 15.2. The number of likely N-dealkylation sites (tertiary alicyclic amines) is 1. The topological polar surface area (TPSA) is 55.8 Å². The van der Waals surface area contributed by atoms with Gasteiger partial charge in [-0.3, -0.25) is 4.79 Å². The van der Waals surface area contributed by atoms with Crippen LogP contribution in [-0.2, 0) is 14.3 Å². The van der Waals surface area contributed by atoms with Gasteiger partial charge in [0.2, 0.25) is 0 Å². The number of nitrogens with zero attached hydrogens (tertiary/aromatic N) is 1. The first-order valence-corrected chi connectivity index (χ1v) is 7.36. The van der Waals surface area contributed by atoms with Gasteiger partial charge in [0.1, 0.15) is 11.9 Å². The summed E-state index contributed by atoms with van der Waals surface area (Å²) in [6, 6.07) is 7.18. The molecule has 0 spiro atoms. The zero-order valence-corrected chi connectivity index (χ0v) is 12.6. The van der Waals surface area contributed by atoms with Gasteiger partial charge in [-0.05, 0) is 31.2 Å². The van der Waals surface area contributed by atoms with Crippen molar-refractivity contribution in [1.29, 1.82) is 0 Å². The Bertz CT molecular complexity index is 495. The van der Waals surface area contributed by atoms with Crippen LogP contribution in [0.25, 0.3) is 0 Å². The molecule has 0 unspecified atom stereocenters. The molecule has 0 atom stereocenters. The second kappa shape index (κ2) is 7.31. The van der Waals surface area contributed by atoms with Crippen LogP contribution in [0.4, 0.5) is 0 Å². The molecule has 0 bridgehead atoms. The molecule has 0 N–H and O–H groups in total. The van der Waals surface area contributed by atoms with Gasteiger partial charge in [-0.25, -0.2) is 4.79 Å². The average Bonchev–Trinajstić information content (AvgIpc) is 2.50. The maximum absolute atomic E-state index is 11.8. The Morgan fingerprint density at radius 2 is 1.86 bits per heavy atom. The van der Waals surface area contributed by atoms with Crippen molar-refractivity contribution in [2.24, 2.45) is 0 Å². The standard InChI is InChI=1S/C15H18ClNO4/c1-2-20-15(19)14(18)17-9-7-13(8-10-17)21-12-5-3-11(16)4-6-12/h3-6,13H,2,7-10H2,1H3. The summed E-state index contributed by atoms with van der Waals surface area (Å²) in [5, 5.41) is 0.664. The van der Waals surface area contributed by atoms with Crippen molar-refractivity contribution in [3.05, 3.63) is 29.3 Å². The summed E-state index contributed by atoms with van der Waals surface area (Å²) in [5.41, 5.74) is 0. The Hall–Kier alpha value is -1.75. The van der Waals surface area contributed by atoms with Gasteiger partial charge in [0.05, 0.1) is 6.61 Å². The molecule has 5 nitrogen and oxygen atoms in total. The normalized spacial score (nSPS) is 15.6. The molecule has 1 amide bonds. The van der Waals surface area contributed by atoms with Crippen LogP contribution in [-0.4, -0.2) is 42.6 Å². The highest BCUT2D eigenvalue weighted by atomic mass is 35.5. The molecule has 114 valence electrons. The van der Waals surface area contributed by atoms with Crippen molar-refractivity contribution in [2.75, 3.05) is 19.7 Å². The molecule has 2 rings (SSSR count). The van der Waals surface area contributed by atoms with E-state index in [4.69, 9.17) is 21.1 Å². The lowest BCUT2D eigenvalue weighted by atomic mass is 10.1. The van der Waals surface area contributed by atoms with E-state index in [2.05, 4.69) is 0 Å². The van der Waals surface area contributed by atoms with E-state index in [1.807, 2.05) is 12.1 Å². The molecule has 1 fully saturated rings. The number of esters is 1. The third kappa shape index (κ3) is 4.36. The maximum Gasteiger partial charge on any atom is 0.397 e. The summed E-state index contributed by atoms with van der Waals surface area (Å²) >= 11 is 5.82. The van der Waals surface area contributed by atoms with Gasteiger partial charge >= 0.3 is 11.9 Å². The Balaban J connectivity index is 1.81. The minimum absolute atomic E-state index is 0.0393. The van der Waals surface area contributed by atoms with Gasteiger partial charge in [0.25, 0.3) is 0 Å². The average molecular weight is 312 g/mol. The van der Waals surface area contributed by atoms with Gasteiger partial charge in [-0.2, -0.15) is 0 Å². The number of carbonyl (C=O) groups excluding carboxylic acids is 2. The van der Waals surface area contributed by atoms with Crippen molar-refractivity contribution < 1.29 is 19.1 Å². The molecule has 1 aliphatic rings. The molecule has 1 aliphatic heterocycles. The maximum atomic E-state index is 11.8. The van der Waals surface area contributed by atoms with Gasteiger partial charge < -0.3 is 14.4 Å². The van der Waals surface area contributed by atoms with Crippen LogP contribution in [0.1, 0.15) is 19.8 Å². The largest absolute Gasteiger partial charge is 0.490 e. The summed E-state index contributed by atoms with van der Waals surface area (Å²) in [6.45, 7) is 2.88. The molecule has 6 heteroatoms. The number of benzene rings is 1. The third-order valence-corrected chi connectivity index (χ3v) is 3.55. The Morgan fingerprint density at radius 1 is 1.24 bits per heavy atom. The van der Waals surface area contributed by atoms with Crippen molar-refractivity contribution in [1.82, 2.24) is 4.90 Å². The lowest BCUT2D eigenvalue weighted by Crippen LogP contribution is -2.45. The minimum atomic E-state index is -0.783. The predicted octanol–water partition coefficient (Wildman–Crippen LogP) is 2.27. The number of halogens is 1. The van der Waals surface area contributed by atoms with Crippen LogP contribution in [0.5, 0.6) is 5.75 Å². The van der Waals surface area contributed by atoms with E-state index < -0.39 is 11.9 Å². The molecule has 0 aliphatic carbocycles. The summed E-state index contributed by atoms with van der Waals surface area (Å²) in [5.74, 6) is -0.592. The number of piperidine rings is 1. The lowest BCUT2D eigenvalue weighted by molar-refractivity contribution is -0.160. The fourth-order valence-electron chi connectivity index (χ4n) is 2.20. The number of rotatable bonds is 3. The zero-order valence-electron chi connectivity index (χ0n) is 11.9. The number of carbonyl (C=O) groups is 2. The first kappa shape index (κ1) is 15.6. The Labute approximate surface area is 128 Å². The van der Waals surface area contributed by atoms with Crippen LogP contribution in [0, 0.1) is 0 Å². The second-order valence-corrected chi connectivity index (χ2v) is 5.22. The van der Waals surface area contributed by atoms with E-state index in [1.165, 1.54) is 4.90 Å². The Kier molecular flexibility index (Phi) is 5.44. The molecule has 1 aromatic rings. The third-order valence-electron chi connectivity index (χ3n) is 3.30. The van der Waals surface area contributed by atoms with Crippen LogP contribution in [0.2, 0.25) is 5.02 Å². The first-order valence-electron chi connectivity index (χ1n) is 6.98. The molecular formula is C15H18ClNO4. The summed E-state index contributed by atoms with van der Waals surface area (Å²) < 4.78 is 10.6. The molecule has 1 aromatic carbocycles. The molecule has 0 aromatic heterocycles. The summed E-state index contributed by atoms with van der Waals surface area (Å²) in [6.07, 6.45) is 1.42. The van der Waals surface area contributed by atoms with Crippen molar-refractivity contribution in [3.63, 3.8) is 0 Å². The van der Waals surface area contributed by atoms with Crippen LogP contribution in [0.15, 0.2) is 24.3 Å². The summed E-state index contributed by atoms with van der Waals surface area (Å²) in [4.78, 5) is 24.7. The second-order valence-electron chi connectivity index (χ2n) is 4.78. The molecule has 0 saturated carbocycles. The van der Waals surface area contributed by atoms with Crippen molar-refractivity contribution in [2.45, 2.75) is 25.9 Å². The number of hydrogen-bond donors (Lipinski definition) is 0. The van der Waals surface area contributed by atoms with Crippen LogP contribution >= 0.6 is 11.6 Å². The molecule has 1 saturated heterocycles. The van der Waals surface area contributed by atoms with Crippen molar-refractivity contribution in [3.8, 4) is 5.75 Å². The van der Waals surface area contributed by atoms with E-state index in [1.54, 1.807) is 19.1 Å². The highest BCUT2D eigenvalue weighted by Crippen LogP contribution is 2.21. The first-order chi connectivity index (χ1) is 10.1. The number of ether oxygens (including phenoxy) is 2. The Morgan fingerprint density at radius 3 is 2.43 bits per heavy atom. The van der Waals surface area contributed by atoms with E-state index in [9.17, 15) is 9.59 Å². The SMILES string of the molecule is CCOC(=O)C(=O)N1CCC(Oc2ccc(Cl)cc2)CC1.